The highest BCUT2D eigenvalue weighted by Gasteiger charge is 2.35. The first kappa shape index (κ1) is 15.6. The first-order chi connectivity index (χ1) is 10.8. The maximum Gasteiger partial charge on any atom is 0.265 e. The third-order valence-corrected chi connectivity index (χ3v) is 5.76. The number of carbonyl (C=O) groups excluding carboxylic acids is 1. The lowest BCUT2D eigenvalue weighted by atomic mass is 10.0. The maximum atomic E-state index is 13.0. The lowest BCUT2D eigenvalue weighted by Crippen LogP contribution is -2.42. The van der Waals surface area contributed by atoms with E-state index in [4.69, 9.17) is 0 Å². The topological polar surface area (TPSA) is 57.7 Å². The number of carbonyl (C=O) groups is 1. The van der Waals surface area contributed by atoms with Crippen molar-refractivity contribution in [2.75, 3.05) is 24.9 Å². The highest BCUT2D eigenvalue weighted by atomic mass is 32.2. The van der Waals surface area contributed by atoms with Crippen molar-refractivity contribution >= 4 is 21.6 Å². The van der Waals surface area contributed by atoms with E-state index in [1.54, 1.807) is 38.4 Å². The number of nitrogens with zero attached hydrogens (tertiary/aromatic N) is 2. The van der Waals surface area contributed by atoms with E-state index in [2.05, 4.69) is 0 Å². The Hall–Kier alpha value is -2.34. The maximum absolute atomic E-state index is 13.0. The molecule has 0 saturated heterocycles. The van der Waals surface area contributed by atoms with Gasteiger partial charge in [-0.1, -0.05) is 29.8 Å². The zero-order valence-corrected chi connectivity index (χ0v) is 14.1. The number of sulfonamides is 1. The molecule has 1 aliphatic rings. The summed E-state index contributed by atoms with van der Waals surface area (Å²) in [5.74, 6) is -0.264. The van der Waals surface area contributed by atoms with Crippen LogP contribution in [0.5, 0.6) is 0 Å². The summed E-state index contributed by atoms with van der Waals surface area (Å²) in [5.41, 5.74) is 3.10. The molecule has 1 amide bonds. The first-order valence-electron chi connectivity index (χ1n) is 7.25. The van der Waals surface area contributed by atoms with Crippen molar-refractivity contribution in [3.8, 4) is 11.1 Å². The van der Waals surface area contributed by atoms with Gasteiger partial charge >= 0.3 is 0 Å². The second kappa shape index (κ2) is 5.38. The van der Waals surface area contributed by atoms with Crippen LogP contribution in [0.2, 0.25) is 0 Å². The van der Waals surface area contributed by atoms with Crippen molar-refractivity contribution < 1.29 is 13.2 Å². The molecule has 0 unspecified atom stereocenters. The summed E-state index contributed by atoms with van der Waals surface area (Å²) in [6, 6.07) is 12.5. The zero-order valence-electron chi connectivity index (χ0n) is 13.3. The molecule has 120 valence electrons. The molecule has 23 heavy (non-hydrogen) atoms. The number of fused-ring (bicyclic) bond motifs is 3. The highest BCUT2D eigenvalue weighted by molar-refractivity contribution is 7.93. The van der Waals surface area contributed by atoms with Gasteiger partial charge in [0.25, 0.3) is 10.0 Å². The van der Waals surface area contributed by atoms with E-state index in [0.29, 0.717) is 11.3 Å². The van der Waals surface area contributed by atoms with Gasteiger partial charge in [0.15, 0.2) is 0 Å². The van der Waals surface area contributed by atoms with Crippen LogP contribution in [0.1, 0.15) is 5.56 Å². The number of aryl methyl sites for hydroxylation is 1. The van der Waals surface area contributed by atoms with Crippen molar-refractivity contribution in [1.82, 2.24) is 4.90 Å². The lowest BCUT2D eigenvalue weighted by Gasteiger charge is -2.32. The van der Waals surface area contributed by atoms with Crippen molar-refractivity contribution in [1.29, 1.82) is 0 Å². The summed E-state index contributed by atoms with van der Waals surface area (Å²) in [5, 5.41) is 0. The first-order valence-corrected chi connectivity index (χ1v) is 8.69. The Balaban J connectivity index is 2.25. The van der Waals surface area contributed by atoms with Gasteiger partial charge in [-0.3, -0.25) is 9.10 Å². The summed E-state index contributed by atoms with van der Waals surface area (Å²) in [6.07, 6.45) is 0. The van der Waals surface area contributed by atoms with Crippen LogP contribution in [-0.2, 0) is 14.8 Å². The Morgan fingerprint density at radius 1 is 1.09 bits per heavy atom. The van der Waals surface area contributed by atoms with Crippen molar-refractivity contribution in [2.24, 2.45) is 0 Å². The molecular formula is C17H18N2O3S. The van der Waals surface area contributed by atoms with Gasteiger partial charge in [-0.05, 0) is 25.1 Å². The molecule has 2 aromatic rings. The average Bonchev–Trinajstić information content (AvgIpc) is 2.51. The Labute approximate surface area is 136 Å². The molecule has 6 heteroatoms. The number of benzene rings is 2. The lowest BCUT2D eigenvalue weighted by molar-refractivity contribution is -0.127. The fourth-order valence-electron chi connectivity index (χ4n) is 2.68. The summed E-state index contributed by atoms with van der Waals surface area (Å²) in [6.45, 7) is 1.75. The van der Waals surface area contributed by atoms with E-state index in [-0.39, 0.29) is 17.3 Å². The molecule has 3 rings (SSSR count). The van der Waals surface area contributed by atoms with E-state index in [1.807, 2.05) is 25.1 Å². The van der Waals surface area contributed by atoms with Crippen LogP contribution in [0, 0.1) is 6.92 Å². The predicted molar refractivity (Wildman–Crippen MR) is 89.8 cm³/mol. The standard InChI is InChI=1S/C17H18N2O3S/c1-12-8-9-15-14(10-12)13-6-4-5-7-16(13)23(21,22)19(15)11-17(20)18(2)3/h4-10H,11H2,1-3H3. The normalized spacial score (nSPS) is 14.8. The van der Waals surface area contributed by atoms with Crippen LogP contribution in [-0.4, -0.2) is 39.9 Å². The van der Waals surface area contributed by atoms with Gasteiger partial charge in [-0.2, -0.15) is 0 Å². The second-order valence-corrected chi connectivity index (χ2v) is 7.65. The number of likely N-dealkylation sites (N-methyl/N-ethyl adjacent to an activating group) is 1. The number of hydrogen-bond donors (Lipinski definition) is 0. The van der Waals surface area contributed by atoms with Gasteiger partial charge in [0.1, 0.15) is 6.54 Å². The Bertz CT molecular complexity index is 888. The van der Waals surface area contributed by atoms with E-state index < -0.39 is 10.0 Å². The van der Waals surface area contributed by atoms with Crippen molar-refractivity contribution in [3.63, 3.8) is 0 Å². The van der Waals surface area contributed by atoms with Crippen LogP contribution in [0.25, 0.3) is 11.1 Å². The molecule has 0 atom stereocenters. The van der Waals surface area contributed by atoms with Crippen molar-refractivity contribution in [3.05, 3.63) is 48.0 Å². The van der Waals surface area contributed by atoms with Crippen LogP contribution >= 0.6 is 0 Å². The highest BCUT2D eigenvalue weighted by Crippen LogP contribution is 2.43. The fraction of sp³-hybridized carbons (Fsp3) is 0.235. The fourth-order valence-corrected chi connectivity index (χ4v) is 4.32. The minimum absolute atomic E-state index is 0.209. The van der Waals surface area contributed by atoms with Crippen LogP contribution in [0.4, 0.5) is 5.69 Å². The molecular weight excluding hydrogens is 312 g/mol. The van der Waals surface area contributed by atoms with Gasteiger partial charge in [-0.25, -0.2) is 8.42 Å². The van der Waals surface area contributed by atoms with E-state index in [0.717, 1.165) is 11.1 Å². The third kappa shape index (κ3) is 2.49. The molecule has 0 aliphatic carbocycles. The zero-order chi connectivity index (χ0) is 16.8. The molecule has 1 heterocycles. The molecule has 0 N–H and O–H groups in total. The molecule has 1 aliphatic heterocycles. The Morgan fingerprint density at radius 2 is 1.78 bits per heavy atom. The van der Waals surface area contributed by atoms with Gasteiger partial charge in [0, 0.05) is 25.2 Å². The van der Waals surface area contributed by atoms with E-state index in [9.17, 15) is 13.2 Å². The monoisotopic (exact) mass is 330 g/mol. The largest absolute Gasteiger partial charge is 0.347 e. The molecule has 5 nitrogen and oxygen atoms in total. The molecule has 0 saturated carbocycles. The minimum Gasteiger partial charge on any atom is -0.347 e. The molecule has 0 aromatic heterocycles. The number of amides is 1. The van der Waals surface area contributed by atoms with Crippen LogP contribution in [0.3, 0.4) is 0 Å². The number of hydrogen-bond acceptors (Lipinski definition) is 3. The molecule has 0 spiro atoms. The minimum atomic E-state index is -3.75. The van der Waals surface area contributed by atoms with Crippen LogP contribution < -0.4 is 4.31 Å². The number of anilines is 1. The van der Waals surface area contributed by atoms with E-state index in [1.165, 1.54) is 9.21 Å². The summed E-state index contributed by atoms with van der Waals surface area (Å²) < 4.78 is 27.1. The summed E-state index contributed by atoms with van der Waals surface area (Å²) in [4.78, 5) is 13.7. The van der Waals surface area contributed by atoms with Crippen LogP contribution in [0.15, 0.2) is 47.4 Å². The SMILES string of the molecule is Cc1ccc2c(c1)-c1ccccc1S(=O)(=O)N2CC(=O)N(C)C. The molecule has 0 fully saturated rings. The quantitative estimate of drug-likeness (QED) is 0.849. The summed E-state index contributed by atoms with van der Waals surface area (Å²) >= 11 is 0. The van der Waals surface area contributed by atoms with Gasteiger partial charge < -0.3 is 4.90 Å². The average molecular weight is 330 g/mol. The van der Waals surface area contributed by atoms with Crippen molar-refractivity contribution in [2.45, 2.75) is 11.8 Å². The number of rotatable bonds is 2. The Kier molecular flexibility index (Phi) is 3.64. The molecule has 2 aromatic carbocycles. The van der Waals surface area contributed by atoms with Gasteiger partial charge in [0.2, 0.25) is 5.91 Å². The smallest absolute Gasteiger partial charge is 0.265 e. The van der Waals surface area contributed by atoms with Gasteiger partial charge in [0.05, 0.1) is 10.6 Å². The predicted octanol–water partition coefficient (Wildman–Crippen LogP) is 2.26. The second-order valence-electron chi connectivity index (χ2n) is 5.82. The van der Waals surface area contributed by atoms with E-state index >= 15 is 0 Å². The summed E-state index contributed by atoms with van der Waals surface area (Å²) in [7, 11) is -0.524. The third-order valence-electron chi connectivity index (χ3n) is 3.94. The Morgan fingerprint density at radius 3 is 2.48 bits per heavy atom. The van der Waals surface area contributed by atoms with Gasteiger partial charge in [-0.15, -0.1) is 0 Å². The molecule has 0 radical (unpaired) electrons. The molecule has 0 bridgehead atoms.